The third-order valence-corrected chi connectivity index (χ3v) is 2.56. The lowest BCUT2D eigenvalue weighted by Gasteiger charge is -2.07. The fourth-order valence-corrected chi connectivity index (χ4v) is 1.78. The lowest BCUT2D eigenvalue weighted by molar-refractivity contribution is 0.289. The highest BCUT2D eigenvalue weighted by Gasteiger charge is 2.04. The smallest absolute Gasteiger partial charge is 0.143 e. The summed E-state index contributed by atoms with van der Waals surface area (Å²) in [7, 11) is 0. The van der Waals surface area contributed by atoms with Crippen LogP contribution in [0.4, 0.5) is 5.82 Å². The van der Waals surface area contributed by atoms with Crippen molar-refractivity contribution in [3.63, 3.8) is 0 Å². The molecule has 5 heteroatoms. The standard InChI is InChI=1S/C8H13N3OS/c1-6(2-3-12)13-8-5-10-4-7(9)11-8/h4-6,12H,2-3H2,1H3,(H2,9,11). The molecule has 1 rings (SSSR count). The largest absolute Gasteiger partial charge is 0.396 e. The van der Waals surface area contributed by atoms with E-state index in [1.165, 1.54) is 6.20 Å². The van der Waals surface area contributed by atoms with Gasteiger partial charge in [0.05, 0.1) is 12.4 Å². The minimum absolute atomic E-state index is 0.198. The van der Waals surface area contributed by atoms with Gasteiger partial charge >= 0.3 is 0 Å². The molecular weight excluding hydrogens is 186 g/mol. The molecule has 0 spiro atoms. The van der Waals surface area contributed by atoms with Crippen molar-refractivity contribution < 1.29 is 5.11 Å². The normalized spacial score (nSPS) is 12.8. The number of nitrogens with zero attached hydrogens (tertiary/aromatic N) is 2. The van der Waals surface area contributed by atoms with E-state index >= 15 is 0 Å². The van der Waals surface area contributed by atoms with Gasteiger partial charge in [0.2, 0.25) is 0 Å². The zero-order valence-electron chi connectivity index (χ0n) is 7.47. The van der Waals surface area contributed by atoms with Crippen molar-refractivity contribution in [2.75, 3.05) is 12.3 Å². The average Bonchev–Trinajstić information content (AvgIpc) is 2.04. The van der Waals surface area contributed by atoms with Crippen LogP contribution in [0, 0.1) is 0 Å². The van der Waals surface area contributed by atoms with Gasteiger partial charge in [-0.05, 0) is 6.42 Å². The average molecular weight is 199 g/mol. The summed E-state index contributed by atoms with van der Waals surface area (Å²) in [5, 5.41) is 9.84. The van der Waals surface area contributed by atoms with Gasteiger partial charge in [-0.2, -0.15) is 0 Å². The predicted octanol–water partition coefficient (Wildman–Crippen LogP) is 0.922. The Hall–Kier alpha value is -0.810. The van der Waals surface area contributed by atoms with Crippen LogP contribution >= 0.6 is 11.8 Å². The van der Waals surface area contributed by atoms with Crippen LogP contribution in [-0.4, -0.2) is 26.9 Å². The highest BCUT2D eigenvalue weighted by molar-refractivity contribution is 7.99. The molecule has 0 aliphatic carbocycles. The SMILES string of the molecule is CC(CCO)Sc1cncc(N)n1. The minimum atomic E-state index is 0.198. The van der Waals surface area contributed by atoms with Crippen molar-refractivity contribution in [3.8, 4) is 0 Å². The van der Waals surface area contributed by atoms with E-state index < -0.39 is 0 Å². The van der Waals surface area contributed by atoms with E-state index in [2.05, 4.69) is 9.97 Å². The molecule has 0 saturated carbocycles. The molecular formula is C8H13N3OS. The third kappa shape index (κ3) is 3.61. The second-order valence-corrected chi connectivity index (χ2v) is 4.18. The van der Waals surface area contributed by atoms with Crippen molar-refractivity contribution in [2.45, 2.75) is 23.6 Å². The Morgan fingerprint density at radius 2 is 2.38 bits per heavy atom. The molecule has 0 radical (unpaired) electrons. The molecule has 0 aliphatic rings. The summed E-state index contributed by atoms with van der Waals surface area (Å²) < 4.78 is 0. The number of hydrogen-bond acceptors (Lipinski definition) is 5. The van der Waals surface area contributed by atoms with E-state index in [1.54, 1.807) is 18.0 Å². The molecule has 0 aliphatic heterocycles. The van der Waals surface area contributed by atoms with Gasteiger partial charge in [-0.25, -0.2) is 4.98 Å². The molecule has 13 heavy (non-hydrogen) atoms. The summed E-state index contributed by atoms with van der Waals surface area (Å²) in [5.74, 6) is 0.432. The Morgan fingerprint density at radius 1 is 1.62 bits per heavy atom. The number of thioether (sulfide) groups is 1. The van der Waals surface area contributed by atoms with Crippen LogP contribution in [-0.2, 0) is 0 Å². The molecule has 3 N–H and O–H groups in total. The second-order valence-electron chi connectivity index (χ2n) is 2.72. The number of aliphatic hydroxyl groups excluding tert-OH is 1. The Labute approximate surface area is 81.6 Å². The molecule has 0 saturated heterocycles. The highest BCUT2D eigenvalue weighted by atomic mass is 32.2. The predicted molar refractivity (Wildman–Crippen MR) is 53.5 cm³/mol. The topological polar surface area (TPSA) is 72.0 Å². The van der Waals surface area contributed by atoms with Crippen molar-refractivity contribution >= 4 is 17.6 Å². The number of hydrogen-bond donors (Lipinski definition) is 2. The fourth-order valence-electron chi connectivity index (χ4n) is 0.866. The van der Waals surface area contributed by atoms with Gasteiger partial charge < -0.3 is 10.8 Å². The highest BCUT2D eigenvalue weighted by Crippen LogP contribution is 2.22. The van der Waals surface area contributed by atoms with Crippen molar-refractivity contribution in [2.24, 2.45) is 0 Å². The first-order chi connectivity index (χ1) is 6.22. The Balaban J connectivity index is 2.53. The summed E-state index contributed by atoms with van der Waals surface area (Å²) in [4.78, 5) is 8.02. The molecule has 0 amide bonds. The lowest BCUT2D eigenvalue weighted by atomic mass is 10.3. The maximum absolute atomic E-state index is 8.70. The fraction of sp³-hybridized carbons (Fsp3) is 0.500. The van der Waals surface area contributed by atoms with E-state index in [9.17, 15) is 0 Å². The van der Waals surface area contributed by atoms with Gasteiger partial charge in [0.15, 0.2) is 0 Å². The third-order valence-electron chi connectivity index (χ3n) is 1.49. The summed E-state index contributed by atoms with van der Waals surface area (Å²) in [6, 6.07) is 0. The number of nitrogen functional groups attached to an aromatic ring is 1. The van der Waals surface area contributed by atoms with Gasteiger partial charge in [-0.3, -0.25) is 4.98 Å². The minimum Gasteiger partial charge on any atom is -0.396 e. The number of aliphatic hydroxyl groups is 1. The van der Waals surface area contributed by atoms with E-state index in [1.807, 2.05) is 6.92 Å². The first kappa shape index (κ1) is 10.3. The Bertz CT molecular complexity index is 269. The number of anilines is 1. The summed E-state index contributed by atoms with van der Waals surface area (Å²) in [6.45, 7) is 2.23. The number of rotatable bonds is 4. The second kappa shape index (κ2) is 5.04. The van der Waals surface area contributed by atoms with Crippen LogP contribution in [0.25, 0.3) is 0 Å². The van der Waals surface area contributed by atoms with Crippen LogP contribution < -0.4 is 5.73 Å². The summed E-state index contributed by atoms with van der Waals surface area (Å²) >= 11 is 1.57. The van der Waals surface area contributed by atoms with Crippen LogP contribution in [0.15, 0.2) is 17.4 Å². The quantitative estimate of drug-likeness (QED) is 0.705. The van der Waals surface area contributed by atoms with Crippen molar-refractivity contribution in [3.05, 3.63) is 12.4 Å². The van der Waals surface area contributed by atoms with Crippen LogP contribution in [0.2, 0.25) is 0 Å². The van der Waals surface area contributed by atoms with E-state index in [-0.39, 0.29) is 6.61 Å². The van der Waals surface area contributed by atoms with E-state index in [0.717, 1.165) is 11.4 Å². The molecule has 1 heterocycles. The zero-order valence-corrected chi connectivity index (χ0v) is 8.29. The van der Waals surface area contributed by atoms with E-state index in [4.69, 9.17) is 10.8 Å². The first-order valence-electron chi connectivity index (χ1n) is 4.07. The Morgan fingerprint density at radius 3 is 3.00 bits per heavy atom. The van der Waals surface area contributed by atoms with Crippen molar-refractivity contribution in [1.29, 1.82) is 0 Å². The lowest BCUT2D eigenvalue weighted by Crippen LogP contribution is -2.01. The molecule has 1 unspecified atom stereocenters. The molecule has 72 valence electrons. The van der Waals surface area contributed by atoms with Gasteiger partial charge in [0.1, 0.15) is 10.8 Å². The molecule has 1 atom stereocenters. The van der Waals surface area contributed by atoms with Crippen LogP contribution in [0.5, 0.6) is 0 Å². The molecule has 4 nitrogen and oxygen atoms in total. The van der Waals surface area contributed by atoms with Gasteiger partial charge in [-0.15, -0.1) is 11.8 Å². The summed E-state index contributed by atoms with van der Waals surface area (Å²) in [5.41, 5.74) is 5.47. The Kier molecular flexibility index (Phi) is 3.98. The van der Waals surface area contributed by atoms with Gasteiger partial charge in [-0.1, -0.05) is 6.92 Å². The molecule has 1 aromatic rings. The summed E-state index contributed by atoms with van der Waals surface area (Å²) in [6.07, 6.45) is 3.94. The maximum Gasteiger partial charge on any atom is 0.143 e. The number of nitrogens with two attached hydrogens (primary N) is 1. The molecule has 0 fully saturated rings. The van der Waals surface area contributed by atoms with E-state index in [0.29, 0.717) is 11.1 Å². The zero-order chi connectivity index (χ0) is 9.68. The monoisotopic (exact) mass is 199 g/mol. The van der Waals surface area contributed by atoms with Crippen LogP contribution in [0.1, 0.15) is 13.3 Å². The van der Waals surface area contributed by atoms with Gasteiger partial charge in [0.25, 0.3) is 0 Å². The maximum atomic E-state index is 8.70. The van der Waals surface area contributed by atoms with Crippen molar-refractivity contribution in [1.82, 2.24) is 9.97 Å². The molecule has 1 aromatic heterocycles. The molecule has 0 bridgehead atoms. The van der Waals surface area contributed by atoms with Crippen LogP contribution in [0.3, 0.4) is 0 Å². The number of aromatic nitrogens is 2. The first-order valence-corrected chi connectivity index (χ1v) is 4.95. The van der Waals surface area contributed by atoms with Gasteiger partial charge in [0, 0.05) is 11.9 Å². The molecule has 0 aromatic carbocycles.